The van der Waals surface area contributed by atoms with E-state index in [4.69, 9.17) is 4.74 Å². The van der Waals surface area contributed by atoms with Crippen LogP contribution in [0.5, 0.6) is 5.75 Å². The molecule has 0 unspecified atom stereocenters. The molecule has 1 aliphatic rings. The van der Waals surface area contributed by atoms with Crippen LogP contribution >= 0.6 is 0 Å². The van der Waals surface area contributed by atoms with Crippen molar-refractivity contribution >= 4 is 15.7 Å². The minimum atomic E-state index is -2.94. The summed E-state index contributed by atoms with van der Waals surface area (Å²) in [4.78, 5) is 13.9. The molecule has 0 spiro atoms. The lowest BCUT2D eigenvalue weighted by Gasteiger charge is -2.31. The van der Waals surface area contributed by atoms with E-state index >= 15 is 0 Å². The van der Waals surface area contributed by atoms with Gasteiger partial charge in [0.1, 0.15) is 15.6 Å². The third kappa shape index (κ3) is 5.33. The van der Waals surface area contributed by atoms with Gasteiger partial charge in [-0.05, 0) is 43.4 Å². The Hall–Kier alpha value is -1.56. The highest BCUT2D eigenvalue weighted by Crippen LogP contribution is 2.19. The Balaban J connectivity index is 1.78. The van der Waals surface area contributed by atoms with Gasteiger partial charge in [0, 0.05) is 19.3 Å². The Morgan fingerprint density at radius 1 is 1.32 bits per heavy atom. The highest BCUT2D eigenvalue weighted by molar-refractivity contribution is 7.90. The van der Waals surface area contributed by atoms with Crippen molar-refractivity contribution in [3.05, 3.63) is 29.8 Å². The van der Waals surface area contributed by atoms with Crippen molar-refractivity contribution < 1.29 is 17.9 Å². The summed E-state index contributed by atoms with van der Waals surface area (Å²) in [5.74, 6) is 1.03. The Morgan fingerprint density at radius 2 is 2.00 bits per heavy atom. The summed E-state index contributed by atoms with van der Waals surface area (Å²) >= 11 is 0. The number of hydrogen-bond acceptors (Lipinski definition) is 4. The zero-order chi connectivity index (χ0) is 16.2. The molecule has 1 fully saturated rings. The monoisotopic (exact) mass is 325 g/mol. The fraction of sp³-hybridized carbons (Fsp3) is 0.562. The number of carbonyl (C=O) groups excluding carboxylic acids is 1. The second-order valence-electron chi connectivity index (χ2n) is 6.02. The minimum Gasteiger partial charge on any atom is -0.484 e. The van der Waals surface area contributed by atoms with Crippen molar-refractivity contribution in [2.75, 3.05) is 31.7 Å². The number of likely N-dealkylation sites (tertiary alicyclic amines) is 1. The van der Waals surface area contributed by atoms with Gasteiger partial charge in [0.2, 0.25) is 0 Å². The first-order valence-electron chi connectivity index (χ1n) is 7.48. The molecular formula is C16H23NO4S. The van der Waals surface area contributed by atoms with Crippen molar-refractivity contribution in [1.82, 2.24) is 4.90 Å². The van der Waals surface area contributed by atoms with Gasteiger partial charge >= 0.3 is 0 Å². The number of rotatable bonds is 5. The van der Waals surface area contributed by atoms with Gasteiger partial charge < -0.3 is 9.64 Å². The number of ether oxygens (including phenoxy) is 1. The summed E-state index contributed by atoms with van der Waals surface area (Å²) in [5.41, 5.74) is 1.09. The lowest BCUT2D eigenvalue weighted by molar-refractivity contribution is -0.134. The van der Waals surface area contributed by atoms with Gasteiger partial charge in [0.15, 0.2) is 6.61 Å². The van der Waals surface area contributed by atoms with Gasteiger partial charge in [-0.3, -0.25) is 4.79 Å². The van der Waals surface area contributed by atoms with Gasteiger partial charge in [-0.1, -0.05) is 12.1 Å². The second kappa shape index (κ2) is 7.13. The summed E-state index contributed by atoms with van der Waals surface area (Å²) < 4.78 is 28.1. The molecule has 1 heterocycles. The van der Waals surface area contributed by atoms with Gasteiger partial charge in [-0.15, -0.1) is 0 Å². The minimum absolute atomic E-state index is 0.0280. The average molecular weight is 325 g/mol. The first kappa shape index (κ1) is 16.8. The van der Waals surface area contributed by atoms with Crippen LogP contribution in [-0.2, 0) is 14.6 Å². The van der Waals surface area contributed by atoms with E-state index < -0.39 is 9.84 Å². The van der Waals surface area contributed by atoms with Gasteiger partial charge in [0.25, 0.3) is 5.91 Å². The van der Waals surface area contributed by atoms with Crippen LogP contribution in [-0.4, -0.2) is 50.9 Å². The number of hydrogen-bond donors (Lipinski definition) is 0. The number of nitrogens with zero attached hydrogens (tertiary/aromatic N) is 1. The number of piperidine rings is 1. The maximum atomic E-state index is 12.1. The maximum absolute atomic E-state index is 12.1. The quantitative estimate of drug-likeness (QED) is 0.826. The van der Waals surface area contributed by atoms with E-state index in [1.54, 1.807) is 4.90 Å². The summed E-state index contributed by atoms with van der Waals surface area (Å²) in [6.07, 6.45) is 2.74. The van der Waals surface area contributed by atoms with Gasteiger partial charge in [-0.25, -0.2) is 8.42 Å². The van der Waals surface area contributed by atoms with Crippen molar-refractivity contribution in [1.29, 1.82) is 0 Å². The predicted molar refractivity (Wildman–Crippen MR) is 85.7 cm³/mol. The fourth-order valence-electron chi connectivity index (χ4n) is 2.72. The molecular weight excluding hydrogens is 302 g/mol. The third-order valence-electron chi connectivity index (χ3n) is 3.86. The molecule has 0 bridgehead atoms. The smallest absolute Gasteiger partial charge is 0.260 e. The molecule has 5 nitrogen and oxygen atoms in total. The van der Waals surface area contributed by atoms with E-state index in [1.165, 1.54) is 6.26 Å². The summed E-state index contributed by atoms with van der Waals surface area (Å²) in [7, 11) is -2.94. The van der Waals surface area contributed by atoms with Crippen LogP contribution in [0.2, 0.25) is 0 Å². The number of aryl methyl sites for hydroxylation is 1. The van der Waals surface area contributed by atoms with E-state index in [0.29, 0.717) is 18.8 Å². The van der Waals surface area contributed by atoms with E-state index in [9.17, 15) is 13.2 Å². The van der Waals surface area contributed by atoms with Crippen molar-refractivity contribution in [2.45, 2.75) is 19.8 Å². The highest BCUT2D eigenvalue weighted by Gasteiger charge is 2.25. The Kier molecular flexibility index (Phi) is 5.45. The van der Waals surface area contributed by atoms with E-state index in [0.717, 1.165) is 18.4 Å². The molecule has 1 saturated heterocycles. The van der Waals surface area contributed by atoms with Crippen LogP contribution in [0, 0.1) is 12.8 Å². The number of benzene rings is 1. The maximum Gasteiger partial charge on any atom is 0.260 e. The van der Waals surface area contributed by atoms with E-state index in [-0.39, 0.29) is 24.2 Å². The number of amides is 1. The van der Waals surface area contributed by atoms with Crippen LogP contribution < -0.4 is 4.74 Å². The van der Waals surface area contributed by atoms with Crippen LogP contribution in [0.3, 0.4) is 0 Å². The largest absolute Gasteiger partial charge is 0.484 e. The van der Waals surface area contributed by atoms with E-state index in [2.05, 4.69) is 0 Å². The SMILES string of the molecule is Cc1cccc(OCC(=O)N2CCC(CS(C)(=O)=O)CC2)c1. The van der Waals surface area contributed by atoms with Crippen LogP contribution in [0.4, 0.5) is 0 Å². The number of carbonyl (C=O) groups is 1. The first-order valence-corrected chi connectivity index (χ1v) is 9.54. The van der Waals surface area contributed by atoms with Crippen molar-refractivity contribution in [3.8, 4) is 5.75 Å². The standard InChI is InChI=1S/C16H23NO4S/c1-13-4-3-5-15(10-13)21-11-16(18)17-8-6-14(7-9-17)12-22(2,19)20/h3-5,10,14H,6-9,11-12H2,1-2H3. The molecule has 0 aliphatic carbocycles. The molecule has 122 valence electrons. The highest BCUT2D eigenvalue weighted by atomic mass is 32.2. The normalized spacial score (nSPS) is 16.5. The summed E-state index contributed by atoms with van der Waals surface area (Å²) in [6, 6.07) is 7.59. The third-order valence-corrected chi connectivity index (χ3v) is 4.93. The first-order chi connectivity index (χ1) is 10.3. The molecule has 1 aliphatic heterocycles. The number of sulfone groups is 1. The molecule has 0 radical (unpaired) electrons. The summed E-state index contributed by atoms with van der Waals surface area (Å²) in [6.45, 7) is 3.22. The molecule has 2 rings (SSSR count). The second-order valence-corrected chi connectivity index (χ2v) is 8.21. The molecule has 1 aromatic carbocycles. The van der Waals surface area contributed by atoms with E-state index in [1.807, 2.05) is 31.2 Å². The van der Waals surface area contributed by atoms with Crippen LogP contribution in [0.15, 0.2) is 24.3 Å². The fourth-order valence-corrected chi connectivity index (χ4v) is 3.91. The van der Waals surface area contributed by atoms with Gasteiger partial charge in [-0.2, -0.15) is 0 Å². The predicted octanol–water partition coefficient (Wildman–Crippen LogP) is 1.66. The molecule has 0 atom stereocenters. The topological polar surface area (TPSA) is 63.7 Å². The molecule has 1 amide bonds. The summed E-state index contributed by atoms with van der Waals surface area (Å²) in [5, 5.41) is 0. The Morgan fingerprint density at radius 3 is 2.59 bits per heavy atom. The lowest BCUT2D eigenvalue weighted by atomic mass is 9.99. The molecule has 1 aromatic rings. The lowest BCUT2D eigenvalue weighted by Crippen LogP contribution is -2.42. The van der Waals surface area contributed by atoms with Crippen LogP contribution in [0.25, 0.3) is 0 Å². The molecule has 0 N–H and O–H groups in total. The zero-order valence-electron chi connectivity index (χ0n) is 13.1. The molecule has 6 heteroatoms. The van der Waals surface area contributed by atoms with Crippen molar-refractivity contribution in [3.63, 3.8) is 0 Å². The average Bonchev–Trinajstić information content (AvgIpc) is 2.44. The Bertz CT molecular complexity index is 619. The zero-order valence-corrected chi connectivity index (χ0v) is 13.9. The molecule has 0 aromatic heterocycles. The van der Waals surface area contributed by atoms with Crippen LogP contribution in [0.1, 0.15) is 18.4 Å². The molecule has 22 heavy (non-hydrogen) atoms. The van der Waals surface area contributed by atoms with Crippen molar-refractivity contribution in [2.24, 2.45) is 5.92 Å². The Labute approximate surface area is 132 Å². The molecule has 0 saturated carbocycles. The van der Waals surface area contributed by atoms with Gasteiger partial charge in [0.05, 0.1) is 5.75 Å².